The summed E-state index contributed by atoms with van der Waals surface area (Å²) < 4.78 is 50.9. The number of rotatable bonds is 17. The van der Waals surface area contributed by atoms with Gasteiger partial charge in [-0.3, -0.25) is 24.3 Å². The highest BCUT2D eigenvalue weighted by Crippen LogP contribution is 2.32. The van der Waals surface area contributed by atoms with Crippen LogP contribution in [0.25, 0.3) is 0 Å². The maximum absolute atomic E-state index is 12.9. The van der Waals surface area contributed by atoms with Gasteiger partial charge in [-0.2, -0.15) is 8.42 Å². The molecule has 1 aromatic carbocycles. The van der Waals surface area contributed by atoms with Gasteiger partial charge in [-0.05, 0) is 18.6 Å². The van der Waals surface area contributed by atoms with Crippen molar-refractivity contribution in [3.05, 3.63) is 29.3 Å². The molecule has 0 radical (unpaired) electrons. The molecular formula is C23H33N3O10S. The van der Waals surface area contributed by atoms with E-state index in [-0.39, 0.29) is 38.1 Å². The van der Waals surface area contributed by atoms with Crippen molar-refractivity contribution >= 4 is 33.5 Å². The SMILES string of the molecule is O=C1CCC(N2Cc3c(NCCOCCOCCOCCOCCS(=O)(=O)O)cccc3C2=O)C(=O)N1. The Balaban J connectivity index is 1.24. The molecule has 3 N–H and O–H groups in total. The number of fused-ring (bicyclic) bond motifs is 1. The minimum Gasteiger partial charge on any atom is -0.382 e. The third kappa shape index (κ3) is 9.32. The number of imide groups is 1. The predicted molar refractivity (Wildman–Crippen MR) is 131 cm³/mol. The van der Waals surface area contributed by atoms with Crippen molar-refractivity contribution in [2.45, 2.75) is 25.4 Å². The largest absolute Gasteiger partial charge is 0.382 e. The third-order valence-corrected chi connectivity index (χ3v) is 6.43. The van der Waals surface area contributed by atoms with Crippen LogP contribution in [-0.4, -0.2) is 107 Å². The number of hydrogen-bond donors (Lipinski definition) is 3. The third-order valence-electron chi connectivity index (χ3n) is 5.75. The predicted octanol–water partition coefficient (Wildman–Crippen LogP) is -0.186. The Labute approximate surface area is 215 Å². The molecule has 0 spiro atoms. The number of hydrogen-bond acceptors (Lipinski definition) is 10. The van der Waals surface area contributed by atoms with Crippen molar-refractivity contribution in [3.63, 3.8) is 0 Å². The van der Waals surface area contributed by atoms with E-state index in [0.717, 1.165) is 11.3 Å². The molecular weight excluding hydrogens is 510 g/mol. The first-order valence-corrected chi connectivity index (χ1v) is 13.6. The van der Waals surface area contributed by atoms with Crippen LogP contribution in [0.2, 0.25) is 0 Å². The molecule has 3 rings (SSSR count). The van der Waals surface area contributed by atoms with Crippen LogP contribution in [0.5, 0.6) is 0 Å². The quantitative estimate of drug-likeness (QED) is 0.135. The smallest absolute Gasteiger partial charge is 0.267 e. The topological polar surface area (TPSA) is 170 Å². The molecule has 1 atom stereocenters. The van der Waals surface area contributed by atoms with Gasteiger partial charge in [0.25, 0.3) is 16.0 Å². The molecule has 2 aliphatic heterocycles. The number of amides is 3. The molecule has 3 amide bonds. The fourth-order valence-corrected chi connectivity index (χ4v) is 4.26. The molecule has 13 nitrogen and oxygen atoms in total. The zero-order chi connectivity index (χ0) is 26.7. The first-order valence-electron chi connectivity index (χ1n) is 12.0. The van der Waals surface area contributed by atoms with Crippen LogP contribution in [0.15, 0.2) is 18.2 Å². The minimum absolute atomic E-state index is 0.0867. The molecule has 0 saturated carbocycles. The molecule has 2 heterocycles. The van der Waals surface area contributed by atoms with E-state index in [1.54, 1.807) is 12.1 Å². The van der Waals surface area contributed by atoms with Gasteiger partial charge in [0.1, 0.15) is 6.04 Å². The van der Waals surface area contributed by atoms with Gasteiger partial charge >= 0.3 is 0 Å². The highest BCUT2D eigenvalue weighted by atomic mass is 32.2. The van der Waals surface area contributed by atoms with Gasteiger partial charge in [0, 0.05) is 36.3 Å². The van der Waals surface area contributed by atoms with Crippen molar-refractivity contribution in [1.82, 2.24) is 10.2 Å². The normalized spacial score (nSPS) is 17.7. The minimum atomic E-state index is -4.00. The maximum atomic E-state index is 12.9. The maximum Gasteiger partial charge on any atom is 0.267 e. The second-order valence-corrected chi connectivity index (χ2v) is 9.97. The lowest BCUT2D eigenvalue weighted by Crippen LogP contribution is -2.52. The Kier molecular flexibility index (Phi) is 11.2. The van der Waals surface area contributed by atoms with Crippen LogP contribution in [0.4, 0.5) is 5.69 Å². The van der Waals surface area contributed by atoms with Crippen molar-refractivity contribution in [2.24, 2.45) is 0 Å². The molecule has 0 bridgehead atoms. The fraction of sp³-hybridized carbons (Fsp3) is 0.609. The molecule has 1 aromatic rings. The highest BCUT2D eigenvalue weighted by Gasteiger charge is 2.39. The molecule has 0 aromatic heterocycles. The number of benzene rings is 1. The number of nitrogens with one attached hydrogen (secondary N) is 2. The fourth-order valence-electron chi connectivity index (χ4n) is 3.94. The number of anilines is 1. The number of nitrogens with zero attached hydrogens (tertiary/aromatic N) is 1. The first-order chi connectivity index (χ1) is 17.8. The lowest BCUT2D eigenvalue weighted by Gasteiger charge is -2.29. The second kappa shape index (κ2) is 14.4. The molecule has 2 aliphatic rings. The summed E-state index contributed by atoms with van der Waals surface area (Å²) in [5.74, 6) is -1.40. The Morgan fingerprint density at radius 3 is 2.19 bits per heavy atom. The van der Waals surface area contributed by atoms with Crippen molar-refractivity contribution in [2.75, 3.05) is 70.5 Å². The summed E-state index contributed by atoms with van der Waals surface area (Å²) in [6.45, 7) is 3.19. The summed E-state index contributed by atoms with van der Waals surface area (Å²) in [6, 6.07) is 4.76. The van der Waals surface area contributed by atoms with Crippen LogP contribution in [0.3, 0.4) is 0 Å². The average Bonchev–Trinajstić information content (AvgIpc) is 3.18. The summed E-state index contributed by atoms with van der Waals surface area (Å²) in [4.78, 5) is 38.0. The Bertz CT molecular complexity index is 1050. The molecule has 206 valence electrons. The summed E-state index contributed by atoms with van der Waals surface area (Å²) in [5, 5.41) is 5.58. The first kappa shape index (κ1) is 28.9. The number of ether oxygens (including phenoxy) is 4. The molecule has 37 heavy (non-hydrogen) atoms. The lowest BCUT2D eigenvalue weighted by atomic mass is 10.0. The summed E-state index contributed by atoms with van der Waals surface area (Å²) in [7, 11) is -4.00. The standard InChI is InChI=1S/C23H33N3O10S/c27-21-5-4-20(22(28)25-21)26-16-18-17(23(26)29)2-1-3-19(18)24-6-7-33-8-9-34-10-11-35-12-13-36-14-15-37(30,31)32/h1-3,20,24H,4-16H2,(H,25,27,28)(H,30,31,32). The summed E-state index contributed by atoms with van der Waals surface area (Å²) in [5.41, 5.74) is 2.18. The van der Waals surface area contributed by atoms with E-state index in [0.29, 0.717) is 58.1 Å². The summed E-state index contributed by atoms with van der Waals surface area (Å²) in [6.07, 6.45) is 0.538. The van der Waals surface area contributed by atoms with Crippen LogP contribution in [0, 0.1) is 0 Å². The van der Waals surface area contributed by atoms with E-state index in [1.807, 2.05) is 6.07 Å². The van der Waals surface area contributed by atoms with Gasteiger partial charge in [-0.1, -0.05) is 6.07 Å². The van der Waals surface area contributed by atoms with E-state index in [4.69, 9.17) is 23.5 Å². The van der Waals surface area contributed by atoms with Gasteiger partial charge in [0.2, 0.25) is 11.8 Å². The molecule has 1 fully saturated rings. The van der Waals surface area contributed by atoms with Crippen LogP contribution in [-0.2, 0) is 45.2 Å². The van der Waals surface area contributed by atoms with Gasteiger partial charge in [-0.25, -0.2) is 0 Å². The molecule has 1 unspecified atom stereocenters. The van der Waals surface area contributed by atoms with Gasteiger partial charge in [0.15, 0.2) is 0 Å². The molecule has 14 heteroatoms. The van der Waals surface area contributed by atoms with Crippen LogP contribution in [0.1, 0.15) is 28.8 Å². The number of piperidine rings is 1. The van der Waals surface area contributed by atoms with Crippen molar-refractivity contribution in [1.29, 1.82) is 0 Å². The van der Waals surface area contributed by atoms with E-state index >= 15 is 0 Å². The number of carbonyl (C=O) groups excluding carboxylic acids is 3. The zero-order valence-electron chi connectivity index (χ0n) is 20.5. The monoisotopic (exact) mass is 543 g/mol. The van der Waals surface area contributed by atoms with Crippen molar-refractivity contribution in [3.8, 4) is 0 Å². The van der Waals surface area contributed by atoms with Gasteiger partial charge in [-0.15, -0.1) is 0 Å². The molecule has 1 saturated heterocycles. The highest BCUT2D eigenvalue weighted by molar-refractivity contribution is 7.85. The van der Waals surface area contributed by atoms with E-state index < -0.39 is 27.8 Å². The van der Waals surface area contributed by atoms with Crippen LogP contribution >= 0.6 is 0 Å². The second-order valence-electron chi connectivity index (χ2n) is 8.39. The van der Waals surface area contributed by atoms with E-state index in [1.165, 1.54) is 4.90 Å². The van der Waals surface area contributed by atoms with Gasteiger partial charge < -0.3 is 29.2 Å². The summed E-state index contributed by atoms with van der Waals surface area (Å²) >= 11 is 0. The Morgan fingerprint density at radius 1 is 0.946 bits per heavy atom. The molecule has 0 aliphatic carbocycles. The zero-order valence-corrected chi connectivity index (χ0v) is 21.3. The van der Waals surface area contributed by atoms with Crippen molar-refractivity contribution < 1.29 is 46.3 Å². The number of carbonyl (C=O) groups is 3. The Hall–Kier alpha value is -2.62. The van der Waals surface area contributed by atoms with Gasteiger partial charge in [0.05, 0.1) is 58.6 Å². The lowest BCUT2D eigenvalue weighted by molar-refractivity contribution is -0.136. The Morgan fingerprint density at radius 2 is 1.57 bits per heavy atom. The average molecular weight is 544 g/mol. The van der Waals surface area contributed by atoms with E-state index in [9.17, 15) is 22.8 Å². The van der Waals surface area contributed by atoms with Crippen LogP contribution < -0.4 is 10.6 Å². The van der Waals surface area contributed by atoms with E-state index in [2.05, 4.69) is 10.6 Å².